The van der Waals surface area contributed by atoms with Crippen molar-refractivity contribution in [3.8, 4) is 0 Å². The van der Waals surface area contributed by atoms with Gasteiger partial charge in [-0.3, -0.25) is 0 Å². The fourth-order valence-corrected chi connectivity index (χ4v) is 3.81. The predicted molar refractivity (Wildman–Crippen MR) is 78.5 cm³/mol. The van der Waals surface area contributed by atoms with Crippen molar-refractivity contribution in [2.24, 2.45) is 0 Å². The molecule has 1 unspecified atom stereocenters. The van der Waals surface area contributed by atoms with Crippen LogP contribution in [0.15, 0.2) is 29.2 Å². The molecule has 0 amide bonds. The summed E-state index contributed by atoms with van der Waals surface area (Å²) in [6.07, 6.45) is 1.78. The molecule has 4 nitrogen and oxygen atoms in total. The summed E-state index contributed by atoms with van der Waals surface area (Å²) >= 11 is 0. The highest BCUT2D eigenvalue weighted by atomic mass is 32.2. The van der Waals surface area contributed by atoms with Crippen LogP contribution in [0.3, 0.4) is 0 Å². The van der Waals surface area contributed by atoms with Crippen LogP contribution >= 0.6 is 0 Å². The minimum atomic E-state index is -3.10. The molecule has 5 heteroatoms. The zero-order valence-electron chi connectivity index (χ0n) is 11.6. The minimum absolute atomic E-state index is 0.220. The van der Waals surface area contributed by atoms with Gasteiger partial charge in [0.15, 0.2) is 9.84 Å². The van der Waals surface area contributed by atoms with Gasteiger partial charge in [0.1, 0.15) is 0 Å². The number of nitrogens with one attached hydrogen (secondary N) is 1. The van der Waals surface area contributed by atoms with Gasteiger partial charge < -0.3 is 10.2 Å². The molecular formula is C14H22N2O2S. The van der Waals surface area contributed by atoms with Gasteiger partial charge in [0, 0.05) is 24.8 Å². The van der Waals surface area contributed by atoms with Crippen molar-refractivity contribution < 1.29 is 8.42 Å². The van der Waals surface area contributed by atoms with E-state index in [0.29, 0.717) is 17.4 Å². The molecule has 0 saturated carbocycles. The highest BCUT2D eigenvalue weighted by Crippen LogP contribution is 2.22. The van der Waals surface area contributed by atoms with Crippen LogP contribution < -0.4 is 10.2 Å². The summed E-state index contributed by atoms with van der Waals surface area (Å²) in [5, 5.41) is 3.28. The maximum absolute atomic E-state index is 11.9. The Hall–Kier alpha value is -1.07. The third-order valence-corrected chi connectivity index (χ3v) is 5.57. The highest BCUT2D eigenvalue weighted by molar-refractivity contribution is 7.91. The maximum atomic E-state index is 11.9. The monoisotopic (exact) mass is 282 g/mol. The highest BCUT2D eigenvalue weighted by Gasteiger charge is 2.21. The van der Waals surface area contributed by atoms with Crippen LogP contribution in [-0.2, 0) is 9.84 Å². The van der Waals surface area contributed by atoms with Crippen molar-refractivity contribution in [2.75, 3.05) is 30.8 Å². The van der Waals surface area contributed by atoms with Gasteiger partial charge in [0.05, 0.1) is 10.6 Å². The number of rotatable bonds is 5. The molecule has 1 saturated heterocycles. The fourth-order valence-electron chi connectivity index (χ4n) is 2.48. The van der Waals surface area contributed by atoms with Crippen molar-refractivity contribution in [3.05, 3.63) is 24.3 Å². The van der Waals surface area contributed by atoms with E-state index in [-0.39, 0.29) is 5.75 Å². The summed E-state index contributed by atoms with van der Waals surface area (Å²) in [5.74, 6) is 0.220. The molecule has 1 atom stereocenters. The van der Waals surface area contributed by atoms with E-state index in [1.165, 1.54) is 0 Å². The molecule has 0 bridgehead atoms. The van der Waals surface area contributed by atoms with Gasteiger partial charge in [-0.05, 0) is 44.2 Å². The number of likely N-dealkylation sites (N-methyl/N-ethyl adjacent to an activating group) is 1. The number of anilines is 1. The van der Waals surface area contributed by atoms with E-state index in [1.807, 2.05) is 26.1 Å². The molecule has 1 N–H and O–H groups in total. The lowest BCUT2D eigenvalue weighted by atomic mass is 10.3. The first kappa shape index (κ1) is 14.3. The van der Waals surface area contributed by atoms with Crippen LogP contribution in [0.25, 0.3) is 0 Å². The zero-order chi connectivity index (χ0) is 13.9. The van der Waals surface area contributed by atoms with Crippen molar-refractivity contribution >= 4 is 15.5 Å². The lowest BCUT2D eigenvalue weighted by Gasteiger charge is -2.18. The summed E-state index contributed by atoms with van der Waals surface area (Å²) in [5.41, 5.74) is 1.10. The van der Waals surface area contributed by atoms with Crippen LogP contribution in [0.1, 0.15) is 19.8 Å². The smallest absolute Gasteiger partial charge is 0.178 e. The van der Waals surface area contributed by atoms with Gasteiger partial charge in [-0.2, -0.15) is 0 Å². The van der Waals surface area contributed by atoms with E-state index < -0.39 is 9.84 Å². The summed E-state index contributed by atoms with van der Waals surface area (Å²) in [6.45, 7) is 3.89. The average molecular weight is 282 g/mol. The van der Waals surface area contributed by atoms with Gasteiger partial charge >= 0.3 is 0 Å². The van der Waals surface area contributed by atoms with E-state index in [2.05, 4.69) is 10.2 Å². The molecule has 1 aromatic rings. The van der Waals surface area contributed by atoms with E-state index in [1.54, 1.807) is 12.1 Å². The molecule has 19 heavy (non-hydrogen) atoms. The second-order valence-corrected chi connectivity index (χ2v) is 7.14. The SMILES string of the molecule is CCCS(=O)(=O)c1ccc(N2CCC(NC)C2)cc1. The Labute approximate surface area is 115 Å². The van der Waals surface area contributed by atoms with Crippen molar-refractivity contribution in [1.29, 1.82) is 0 Å². The minimum Gasteiger partial charge on any atom is -0.370 e. The lowest BCUT2D eigenvalue weighted by molar-refractivity contribution is 0.594. The molecular weight excluding hydrogens is 260 g/mol. The molecule has 0 spiro atoms. The van der Waals surface area contributed by atoms with Crippen LogP contribution in [0, 0.1) is 0 Å². The summed E-state index contributed by atoms with van der Waals surface area (Å²) in [4.78, 5) is 2.72. The summed E-state index contributed by atoms with van der Waals surface area (Å²) in [6, 6.07) is 7.82. The molecule has 1 heterocycles. The first-order valence-electron chi connectivity index (χ1n) is 6.82. The largest absolute Gasteiger partial charge is 0.370 e. The standard InChI is InChI=1S/C14H22N2O2S/c1-3-10-19(17,18)14-6-4-13(5-7-14)16-9-8-12(11-16)15-2/h4-7,12,15H,3,8-11H2,1-2H3. The Morgan fingerprint density at radius 1 is 1.32 bits per heavy atom. The van der Waals surface area contributed by atoms with Crippen LogP contribution in [0.4, 0.5) is 5.69 Å². The summed E-state index contributed by atoms with van der Waals surface area (Å²) in [7, 11) is -1.12. The molecule has 1 aromatic carbocycles. The van der Waals surface area contributed by atoms with Gasteiger partial charge in [-0.15, -0.1) is 0 Å². The van der Waals surface area contributed by atoms with Gasteiger partial charge in [-0.1, -0.05) is 6.92 Å². The molecule has 0 aliphatic carbocycles. The molecule has 2 rings (SSSR count). The first-order chi connectivity index (χ1) is 9.06. The van der Waals surface area contributed by atoms with Gasteiger partial charge in [0.25, 0.3) is 0 Å². The molecule has 1 aliphatic heterocycles. The van der Waals surface area contributed by atoms with E-state index in [9.17, 15) is 8.42 Å². The average Bonchev–Trinajstić information content (AvgIpc) is 2.87. The normalized spacial score (nSPS) is 19.9. The Bertz CT molecular complexity index is 511. The van der Waals surface area contributed by atoms with Crippen LogP contribution in [0.2, 0.25) is 0 Å². The topological polar surface area (TPSA) is 49.4 Å². The number of sulfone groups is 1. The van der Waals surface area contributed by atoms with Crippen molar-refractivity contribution in [2.45, 2.75) is 30.7 Å². The molecule has 1 aliphatic rings. The van der Waals surface area contributed by atoms with Crippen LogP contribution in [0.5, 0.6) is 0 Å². The van der Waals surface area contributed by atoms with Gasteiger partial charge in [0.2, 0.25) is 0 Å². The second kappa shape index (κ2) is 5.92. The molecule has 1 fully saturated rings. The number of hydrogen-bond donors (Lipinski definition) is 1. The van der Waals surface area contributed by atoms with Gasteiger partial charge in [-0.25, -0.2) is 8.42 Å². The molecule has 0 radical (unpaired) electrons. The quantitative estimate of drug-likeness (QED) is 0.892. The predicted octanol–water partition coefficient (Wildman–Crippen LogP) is 1.67. The number of hydrogen-bond acceptors (Lipinski definition) is 4. The Kier molecular flexibility index (Phi) is 4.47. The van der Waals surface area contributed by atoms with E-state index in [0.717, 1.165) is 25.2 Å². The number of benzene rings is 1. The van der Waals surface area contributed by atoms with Crippen molar-refractivity contribution in [3.63, 3.8) is 0 Å². The fraction of sp³-hybridized carbons (Fsp3) is 0.571. The maximum Gasteiger partial charge on any atom is 0.178 e. The third-order valence-electron chi connectivity index (χ3n) is 3.63. The summed E-state index contributed by atoms with van der Waals surface area (Å²) < 4.78 is 23.9. The Morgan fingerprint density at radius 2 is 2.00 bits per heavy atom. The lowest BCUT2D eigenvalue weighted by Crippen LogP contribution is -2.29. The van der Waals surface area contributed by atoms with E-state index in [4.69, 9.17) is 0 Å². The third kappa shape index (κ3) is 3.28. The van der Waals surface area contributed by atoms with Crippen LogP contribution in [-0.4, -0.2) is 40.3 Å². The first-order valence-corrected chi connectivity index (χ1v) is 8.47. The Morgan fingerprint density at radius 3 is 2.53 bits per heavy atom. The number of nitrogens with zero attached hydrogens (tertiary/aromatic N) is 1. The zero-order valence-corrected chi connectivity index (χ0v) is 12.4. The molecule has 106 valence electrons. The molecule has 0 aromatic heterocycles. The second-order valence-electron chi connectivity index (χ2n) is 5.03. The Balaban J connectivity index is 2.11. The van der Waals surface area contributed by atoms with E-state index >= 15 is 0 Å². The van der Waals surface area contributed by atoms with Crippen molar-refractivity contribution in [1.82, 2.24) is 5.32 Å².